The van der Waals surface area contributed by atoms with Crippen molar-refractivity contribution < 1.29 is 18.4 Å². The summed E-state index contributed by atoms with van der Waals surface area (Å²) in [6.07, 6.45) is 2.76. The van der Waals surface area contributed by atoms with Crippen molar-refractivity contribution in [3.63, 3.8) is 0 Å². The largest absolute Gasteiger partial charge is 0.507 e. The number of aliphatic imine (C=N–C) groups is 1. The van der Waals surface area contributed by atoms with E-state index in [0.29, 0.717) is 32.1 Å². The van der Waals surface area contributed by atoms with E-state index in [9.17, 15) is 5.11 Å². The maximum atomic E-state index is 10.9. The van der Waals surface area contributed by atoms with Crippen LogP contribution in [0.4, 0.5) is 0 Å². The van der Waals surface area contributed by atoms with Crippen LogP contribution in [0.25, 0.3) is 0 Å². The first-order valence-corrected chi connectivity index (χ1v) is 13.1. The topological polar surface area (TPSA) is 60.3 Å². The highest BCUT2D eigenvalue weighted by atomic mass is 28.4. The Morgan fingerprint density at radius 3 is 1.67 bits per heavy atom. The molecule has 0 spiro atoms. The molecule has 6 heteroatoms. The van der Waals surface area contributed by atoms with Gasteiger partial charge in [0.1, 0.15) is 5.75 Å². The molecule has 0 saturated carbocycles. The summed E-state index contributed by atoms with van der Waals surface area (Å²) in [5, 5.41) is 10.9. The van der Waals surface area contributed by atoms with E-state index >= 15 is 0 Å². The summed E-state index contributed by atoms with van der Waals surface area (Å²) in [5.41, 5.74) is 2.63. The van der Waals surface area contributed by atoms with Crippen LogP contribution >= 0.6 is 0 Å². The second-order valence-corrected chi connectivity index (χ2v) is 12.3. The zero-order chi connectivity index (χ0) is 23.0. The Kier molecular flexibility index (Phi) is 10.2. The zero-order valence-corrected chi connectivity index (χ0v) is 21.6. The highest BCUT2D eigenvalue weighted by Gasteiger charge is 2.39. The summed E-state index contributed by atoms with van der Waals surface area (Å²) in [4.78, 5) is 4.65. The molecule has 0 radical (unpaired) electrons. The van der Waals surface area contributed by atoms with Gasteiger partial charge in [-0.3, -0.25) is 4.99 Å². The van der Waals surface area contributed by atoms with Gasteiger partial charge in [-0.2, -0.15) is 0 Å². The van der Waals surface area contributed by atoms with Gasteiger partial charge in [-0.15, -0.1) is 0 Å². The quantitative estimate of drug-likeness (QED) is 0.268. The molecule has 0 bridgehead atoms. The van der Waals surface area contributed by atoms with Crippen LogP contribution in [0.3, 0.4) is 0 Å². The third kappa shape index (κ3) is 7.80. The Bertz CT molecular complexity index is 637. The Morgan fingerprint density at radius 2 is 1.30 bits per heavy atom. The summed E-state index contributed by atoms with van der Waals surface area (Å²) >= 11 is 0. The summed E-state index contributed by atoms with van der Waals surface area (Å²) in [6.45, 7) is 21.1. The number of phenolic OH excluding ortho intramolecular Hbond substituents is 1. The summed E-state index contributed by atoms with van der Waals surface area (Å²) in [7, 11) is -2.61. The Labute approximate surface area is 185 Å². The molecule has 1 aromatic carbocycles. The molecule has 0 heterocycles. The minimum absolute atomic E-state index is 0.147. The summed E-state index contributed by atoms with van der Waals surface area (Å²) < 4.78 is 17.7. The number of benzene rings is 1. The zero-order valence-electron chi connectivity index (χ0n) is 20.6. The molecule has 0 aliphatic heterocycles. The Hall–Kier alpha value is -1.21. The molecule has 1 N–H and O–H groups in total. The molecule has 0 atom stereocenters. The van der Waals surface area contributed by atoms with E-state index in [0.717, 1.165) is 29.2 Å². The van der Waals surface area contributed by atoms with Crippen molar-refractivity contribution in [1.82, 2.24) is 0 Å². The molecule has 0 aromatic heterocycles. The molecule has 0 saturated heterocycles. The lowest BCUT2D eigenvalue weighted by molar-refractivity contribution is 0.0710. The second kappa shape index (κ2) is 11.4. The summed E-state index contributed by atoms with van der Waals surface area (Å²) in [5.74, 6) is 0.396. The van der Waals surface area contributed by atoms with Crippen LogP contribution < -0.4 is 0 Å². The molecule has 1 rings (SSSR count). The highest BCUT2D eigenvalue weighted by molar-refractivity contribution is 6.60. The molecule has 172 valence electrons. The van der Waals surface area contributed by atoms with Crippen LogP contribution in [0.5, 0.6) is 5.75 Å². The molecular weight excluding hydrogens is 394 g/mol. The number of phenols is 1. The van der Waals surface area contributed by atoms with Crippen molar-refractivity contribution in [1.29, 1.82) is 0 Å². The molecule has 1 aromatic rings. The molecule has 30 heavy (non-hydrogen) atoms. The number of aromatic hydroxyl groups is 1. The van der Waals surface area contributed by atoms with Crippen molar-refractivity contribution in [3.05, 3.63) is 28.8 Å². The predicted octanol–water partition coefficient (Wildman–Crippen LogP) is 5.84. The predicted molar refractivity (Wildman–Crippen MR) is 128 cm³/mol. The number of hydrogen-bond acceptors (Lipinski definition) is 5. The van der Waals surface area contributed by atoms with Crippen LogP contribution in [0.15, 0.2) is 17.1 Å². The Morgan fingerprint density at radius 1 is 0.867 bits per heavy atom. The summed E-state index contributed by atoms with van der Waals surface area (Å²) in [6, 6.07) is 4.86. The van der Waals surface area contributed by atoms with Crippen LogP contribution in [0.1, 0.15) is 85.4 Å². The van der Waals surface area contributed by atoms with Crippen LogP contribution in [-0.2, 0) is 24.1 Å². The number of rotatable bonds is 11. The minimum Gasteiger partial charge on any atom is -0.507 e. The van der Waals surface area contributed by atoms with Gasteiger partial charge in [-0.25, -0.2) is 0 Å². The van der Waals surface area contributed by atoms with E-state index in [1.807, 2.05) is 39.1 Å². The highest BCUT2D eigenvalue weighted by Crippen LogP contribution is 2.39. The normalized spacial score (nSPS) is 13.4. The first-order valence-electron chi connectivity index (χ1n) is 11.2. The Balaban J connectivity index is 2.97. The van der Waals surface area contributed by atoms with Gasteiger partial charge < -0.3 is 18.4 Å². The van der Waals surface area contributed by atoms with Gasteiger partial charge in [-0.05, 0) is 55.7 Å². The molecule has 0 amide bonds. The lowest BCUT2D eigenvalue weighted by atomic mass is 9.78. The van der Waals surface area contributed by atoms with Gasteiger partial charge in [0, 0.05) is 49.8 Å². The fourth-order valence-corrected chi connectivity index (χ4v) is 6.03. The third-order valence-electron chi connectivity index (χ3n) is 4.85. The molecule has 5 nitrogen and oxygen atoms in total. The SMILES string of the molecule is CCO[Si](CCCN=Cc1cc(C(C)(C)C)c(O)c(C(C)(C)C)c1)(OCC)OCC. The molecule has 0 unspecified atom stereocenters. The third-order valence-corrected chi connectivity index (χ3v) is 8.00. The van der Waals surface area contributed by atoms with Crippen LogP contribution in [0, 0.1) is 0 Å². The smallest absolute Gasteiger partial charge is 0.500 e. The average Bonchev–Trinajstić information content (AvgIpc) is 2.61. The maximum Gasteiger partial charge on any atom is 0.500 e. The van der Waals surface area contributed by atoms with Gasteiger partial charge in [-0.1, -0.05) is 41.5 Å². The van der Waals surface area contributed by atoms with E-state index in [2.05, 4.69) is 46.5 Å². The number of nitrogens with zero attached hydrogens (tertiary/aromatic N) is 1. The van der Waals surface area contributed by atoms with Crippen molar-refractivity contribution in [2.24, 2.45) is 4.99 Å². The lowest BCUT2D eigenvalue weighted by Crippen LogP contribution is -2.46. The fourth-order valence-electron chi connectivity index (χ4n) is 3.43. The minimum atomic E-state index is -2.61. The van der Waals surface area contributed by atoms with Gasteiger partial charge >= 0.3 is 8.80 Å². The van der Waals surface area contributed by atoms with Gasteiger partial charge in [0.25, 0.3) is 0 Å². The molecule has 0 fully saturated rings. The van der Waals surface area contributed by atoms with Crippen LogP contribution in [0.2, 0.25) is 6.04 Å². The van der Waals surface area contributed by atoms with Crippen molar-refractivity contribution in [2.75, 3.05) is 26.4 Å². The maximum absolute atomic E-state index is 10.9. The van der Waals surface area contributed by atoms with E-state index in [1.54, 1.807) is 0 Å². The monoisotopic (exact) mass is 437 g/mol. The standard InChI is InChI=1S/C24H43NO4Si/c1-10-27-30(28-11-2,29-12-3)15-13-14-25-18-19-16-20(23(4,5)6)22(26)21(17-19)24(7,8)9/h16-18,26H,10-15H2,1-9H3. The molecular formula is C24H43NO4Si. The first-order chi connectivity index (χ1) is 13.9. The van der Waals surface area contributed by atoms with Gasteiger partial charge in [0.2, 0.25) is 0 Å². The molecule has 0 aliphatic rings. The molecule has 0 aliphatic carbocycles. The van der Waals surface area contributed by atoms with E-state index in [-0.39, 0.29) is 10.8 Å². The second-order valence-electron chi connectivity index (χ2n) is 9.59. The van der Waals surface area contributed by atoms with E-state index in [1.165, 1.54) is 0 Å². The van der Waals surface area contributed by atoms with Crippen molar-refractivity contribution in [3.8, 4) is 5.75 Å². The van der Waals surface area contributed by atoms with Crippen molar-refractivity contribution in [2.45, 2.75) is 85.6 Å². The van der Waals surface area contributed by atoms with Crippen LogP contribution in [-0.4, -0.2) is 46.5 Å². The van der Waals surface area contributed by atoms with Crippen molar-refractivity contribution >= 4 is 15.0 Å². The van der Waals surface area contributed by atoms with Gasteiger partial charge in [0.05, 0.1) is 0 Å². The first kappa shape index (κ1) is 26.8. The number of hydrogen-bond donors (Lipinski definition) is 1. The van der Waals surface area contributed by atoms with E-state index < -0.39 is 8.80 Å². The van der Waals surface area contributed by atoms with E-state index in [4.69, 9.17) is 13.3 Å². The van der Waals surface area contributed by atoms with Gasteiger partial charge in [0.15, 0.2) is 0 Å². The average molecular weight is 438 g/mol. The lowest BCUT2D eigenvalue weighted by Gasteiger charge is -2.28. The fraction of sp³-hybridized carbons (Fsp3) is 0.708.